The van der Waals surface area contributed by atoms with E-state index in [9.17, 15) is 9.59 Å². The Morgan fingerprint density at radius 3 is 2.40 bits per heavy atom. The lowest BCUT2D eigenvalue weighted by molar-refractivity contribution is 0.0600. The van der Waals surface area contributed by atoms with Crippen LogP contribution in [-0.4, -0.2) is 19.1 Å². The highest BCUT2D eigenvalue weighted by atomic mass is 32.2. The molecular weight excluding hydrogens is 216 g/mol. The first-order chi connectivity index (χ1) is 7.13. The van der Waals surface area contributed by atoms with E-state index in [1.165, 1.54) is 7.11 Å². The SMILES string of the molecule is COC(=O)c1ccc(SNC(N)=O)cc1. The topological polar surface area (TPSA) is 81.4 Å². The van der Waals surface area contributed by atoms with E-state index in [-0.39, 0.29) is 0 Å². The molecule has 0 radical (unpaired) electrons. The van der Waals surface area contributed by atoms with Crippen LogP contribution in [0.3, 0.4) is 0 Å². The molecule has 1 aromatic rings. The predicted molar refractivity (Wildman–Crippen MR) is 56.4 cm³/mol. The average molecular weight is 226 g/mol. The van der Waals surface area contributed by atoms with Crippen molar-refractivity contribution in [2.45, 2.75) is 4.90 Å². The lowest BCUT2D eigenvalue weighted by Crippen LogP contribution is -2.22. The molecule has 0 bridgehead atoms. The summed E-state index contributed by atoms with van der Waals surface area (Å²) in [5.41, 5.74) is 5.35. The summed E-state index contributed by atoms with van der Waals surface area (Å²) < 4.78 is 6.90. The van der Waals surface area contributed by atoms with Gasteiger partial charge in [0.1, 0.15) is 0 Å². The van der Waals surface area contributed by atoms with Gasteiger partial charge in [0.15, 0.2) is 0 Å². The molecule has 1 rings (SSSR count). The molecule has 0 atom stereocenters. The number of hydrogen-bond acceptors (Lipinski definition) is 4. The van der Waals surface area contributed by atoms with Crippen molar-refractivity contribution in [1.29, 1.82) is 0 Å². The van der Waals surface area contributed by atoms with Crippen molar-refractivity contribution >= 4 is 23.9 Å². The van der Waals surface area contributed by atoms with Crippen LogP contribution in [0.2, 0.25) is 0 Å². The van der Waals surface area contributed by atoms with E-state index in [1.54, 1.807) is 24.3 Å². The summed E-state index contributed by atoms with van der Waals surface area (Å²) in [7, 11) is 1.32. The van der Waals surface area contributed by atoms with Gasteiger partial charge in [0.2, 0.25) is 0 Å². The Bertz CT molecular complexity index is 364. The fourth-order valence-electron chi connectivity index (χ4n) is 0.886. The molecule has 0 heterocycles. The van der Waals surface area contributed by atoms with Gasteiger partial charge in [0, 0.05) is 4.90 Å². The number of primary amides is 1. The van der Waals surface area contributed by atoms with Gasteiger partial charge in [0.05, 0.1) is 12.7 Å². The molecule has 0 fully saturated rings. The Balaban J connectivity index is 2.64. The molecular formula is C9H10N2O3S. The minimum atomic E-state index is -0.614. The number of methoxy groups -OCH3 is 1. The van der Waals surface area contributed by atoms with Crippen LogP contribution in [0.15, 0.2) is 29.2 Å². The highest BCUT2D eigenvalue weighted by Gasteiger charge is 2.04. The smallest absolute Gasteiger partial charge is 0.337 e. The number of esters is 1. The van der Waals surface area contributed by atoms with Crippen molar-refractivity contribution < 1.29 is 14.3 Å². The lowest BCUT2D eigenvalue weighted by atomic mass is 10.2. The summed E-state index contributed by atoms with van der Waals surface area (Å²) >= 11 is 1.08. The third kappa shape index (κ3) is 3.51. The van der Waals surface area contributed by atoms with E-state index in [2.05, 4.69) is 9.46 Å². The zero-order valence-corrected chi connectivity index (χ0v) is 8.84. The van der Waals surface area contributed by atoms with Gasteiger partial charge < -0.3 is 10.5 Å². The maximum absolute atomic E-state index is 11.1. The zero-order valence-electron chi connectivity index (χ0n) is 8.02. The molecule has 1 aromatic carbocycles. The van der Waals surface area contributed by atoms with Crippen molar-refractivity contribution in [2.75, 3.05) is 7.11 Å². The van der Waals surface area contributed by atoms with Gasteiger partial charge in [-0.2, -0.15) is 0 Å². The van der Waals surface area contributed by atoms with Crippen LogP contribution < -0.4 is 10.5 Å². The Labute approximate surface area is 91.1 Å². The van der Waals surface area contributed by atoms with Crippen LogP contribution in [0.25, 0.3) is 0 Å². The maximum atomic E-state index is 11.1. The van der Waals surface area contributed by atoms with Gasteiger partial charge >= 0.3 is 12.0 Å². The normalized spacial score (nSPS) is 9.40. The Kier molecular flexibility index (Phi) is 3.99. The fourth-order valence-corrected chi connectivity index (χ4v) is 1.38. The number of nitrogens with one attached hydrogen (secondary N) is 1. The second-order valence-electron chi connectivity index (χ2n) is 2.58. The average Bonchev–Trinajstić information content (AvgIpc) is 2.26. The quantitative estimate of drug-likeness (QED) is 0.598. The van der Waals surface area contributed by atoms with Crippen molar-refractivity contribution in [3.63, 3.8) is 0 Å². The Morgan fingerprint density at radius 1 is 1.33 bits per heavy atom. The van der Waals surface area contributed by atoms with E-state index in [0.29, 0.717) is 5.56 Å². The molecule has 80 valence electrons. The standard InChI is InChI=1S/C9H10N2O3S/c1-14-8(12)6-2-4-7(5-3-6)15-11-9(10)13/h2-5H,1H3,(H3,10,11,13). The van der Waals surface area contributed by atoms with Crippen molar-refractivity contribution in [3.05, 3.63) is 29.8 Å². The van der Waals surface area contributed by atoms with Crippen LogP contribution in [0, 0.1) is 0 Å². The largest absolute Gasteiger partial charge is 0.465 e. The number of hydrogen-bond donors (Lipinski definition) is 2. The number of urea groups is 1. The monoisotopic (exact) mass is 226 g/mol. The molecule has 0 saturated carbocycles. The van der Waals surface area contributed by atoms with E-state index in [1.807, 2.05) is 0 Å². The third-order valence-electron chi connectivity index (χ3n) is 1.54. The molecule has 0 aliphatic rings. The first-order valence-electron chi connectivity index (χ1n) is 4.04. The Hall–Kier alpha value is -1.69. The molecule has 0 spiro atoms. The molecule has 6 heteroatoms. The number of amides is 2. The molecule has 0 aliphatic heterocycles. The number of rotatable bonds is 3. The molecule has 0 aromatic heterocycles. The summed E-state index contributed by atoms with van der Waals surface area (Å²) in [5.74, 6) is -0.394. The number of ether oxygens (including phenoxy) is 1. The first-order valence-corrected chi connectivity index (χ1v) is 4.86. The summed E-state index contributed by atoms with van der Waals surface area (Å²) in [6.45, 7) is 0. The molecule has 3 N–H and O–H groups in total. The molecule has 0 saturated heterocycles. The summed E-state index contributed by atoms with van der Waals surface area (Å²) in [5, 5.41) is 0. The van der Waals surface area contributed by atoms with Crippen LogP contribution in [0.1, 0.15) is 10.4 Å². The third-order valence-corrected chi connectivity index (χ3v) is 2.36. The van der Waals surface area contributed by atoms with E-state index in [4.69, 9.17) is 5.73 Å². The van der Waals surface area contributed by atoms with Gasteiger partial charge in [-0.25, -0.2) is 9.59 Å². The van der Waals surface area contributed by atoms with Crippen LogP contribution in [0.5, 0.6) is 0 Å². The molecule has 15 heavy (non-hydrogen) atoms. The molecule has 5 nitrogen and oxygen atoms in total. The highest BCUT2D eigenvalue weighted by Crippen LogP contribution is 2.15. The minimum absolute atomic E-state index is 0.394. The van der Waals surface area contributed by atoms with Crippen molar-refractivity contribution in [3.8, 4) is 0 Å². The summed E-state index contributed by atoms with van der Waals surface area (Å²) in [4.78, 5) is 22.3. The van der Waals surface area contributed by atoms with Crippen LogP contribution in [-0.2, 0) is 4.74 Å². The number of carbonyl (C=O) groups is 2. The van der Waals surface area contributed by atoms with Gasteiger partial charge in [-0.3, -0.25) is 4.72 Å². The van der Waals surface area contributed by atoms with Crippen molar-refractivity contribution in [1.82, 2.24) is 4.72 Å². The van der Waals surface area contributed by atoms with Gasteiger partial charge in [-0.05, 0) is 36.2 Å². The van der Waals surface area contributed by atoms with E-state index >= 15 is 0 Å². The van der Waals surface area contributed by atoms with Crippen molar-refractivity contribution in [2.24, 2.45) is 5.73 Å². The Morgan fingerprint density at radius 2 is 1.93 bits per heavy atom. The summed E-state index contributed by atoms with van der Waals surface area (Å²) in [6, 6.07) is 5.98. The first kappa shape index (κ1) is 11.4. The number of nitrogens with two attached hydrogens (primary N) is 1. The molecule has 2 amide bonds. The maximum Gasteiger partial charge on any atom is 0.337 e. The van der Waals surface area contributed by atoms with Gasteiger partial charge in [0.25, 0.3) is 0 Å². The lowest BCUT2D eigenvalue weighted by Gasteiger charge is -2.02. The summed E-state index contributed by atoms with van der Waals surface area (Å²) in [6.07, 6.45) is 0. The fraction of sp³-hybridized carbons (Fsp3) is 0.111. The van der Waals surface area contributed by atoms with E-state index in [0.717, 1.165) is 16.8 Å². The van der Waals surface area contributed by atoms with Crippen LogP contribution in [0.4, 0.5) is 4.79 Å². The zero-order chi connectivity index (χ0) is 11.3. The second kappa shape index (κ2) is 5.26. The minimum Gasteiger partial charge on any atom is -0.465 e. The second-order valence-corrected chi connectivity index (χ2v) is 3.46. The number of benzene rings is 1. The van der Waals surface area contributed by atoms with Gasteiger partial charge in [-0.15, -0.1) is 0 Å². The highest BCUT2D eigenvalue weighted by molar-refractivity contribution is 7.98. The predicted octanol–water partition coefficient (Wildman–Crippen LogP) is 1.15. The molecule has 0 aliphatic carbocycles. The molecule has 0 unspecified atom stereocenters. The van der Waals surface area contributed by atoms with Crippen LogP contribution >= 0.6 is 11.9 Å². The number of carbonyl (C=O) groups excluding carboxylic acids is 2. The van der Waals surface area contributed by atoms with E-state index < -0.39 is 12.0 Å². The van der Waals surface area contributed by atoms with Gasteiger partial charge in [-0.1, -0.05) is 0 Å².